The fourth-order valence-corrected chi connectivity index (χ4v) is 1.43. The zero-order valence-corrected chi connectivity index (χ0v) is 8.74. The number of nitrogens with zero attached hydrogens (tertiary/aromatic N) is 2. The van der Waals surface area contributed by atoms with Crippen molar-refractivity contribution in [2.24, 2.45) is 5.92 Å². The van der Waals surface area contributed by atoms with Crippen molar-refractivity contribution in [1.82, 2.24) is 9.97 Å². The maximum Gasteiger partial charge on any atom is 0.247 e. The minimum atomic E-state index is 0.559. The summed E-state index contributed by atoms with van der Waals surface area (Å²) in [6.07, 6.45) is 2.62. The van der Waals surface area contributed by atoms with Crippen molar-refractivity contribution in [2.45, 2.75) is 27.2 Å². The summed E-state index contributed by atoms with van der Waals surface area (Å²) < 4.78 is 5.54. The van der Waals surface area contributed by atoms with E-state index < -0.39 is 0 Å². The average Bonchev–Trinajstić information content (AvgIpc) is 2.47. The van der Waals surface area contributed by atoms with Gasteiger partial charge in [-0.05, 0) is 24.5 Å². The van der Waals surface area contributed by atoms with Gasteiger partial charge in [0.15, 0.2) is 5.89 Å². The Morgan fingerprint density at radius 3 is 2.86 bits per heavy atom. The summed E-state index contributed by atoms with van der Waals surface area (Å²) in [6.45, 7) is 6.32. The van der Waals surface area contributed by atoms with Crippen LogP contribution in [0.3, 0.4) is 0 Å². The third-order valence-electron chi connectivity index (χ3n) is 2.13. The normalized spacial score (nSPS) is 11.4. The van der Waals surface area contributed by atoms with Gasteiger partial charge in [-0.2, -0.15) is 0 Å². The van der Waals surface area contributed by atoms with E-state index in [2.05, 4.69) is 23.8 Å². The van der Waals surface area contributed by atoms with Gasteiger partial charge in [0.05, 0.1) is 0 Å². The molecule has 14 heavy (non-hydrogen) atoms. The smallest absolute Gasteiger partial charge is 0.247 e. The lowest BCUT2D eigenvalue weighted by Crippen LogP contribution is -1.93. The molecule has 2 rings (SSSR count). The van der Waals surface area contributed by atoms with E-state index >= 15 is 0 Å². The van der Waals surface area contributed by atoms with Crippen LogP contribution < -0.4 is 0 Å². The third-order valence-corrected chi connectivity index (χ3v) is 2.13. The van der Waals surface area contributed by atoms with Gasteiger partial charge in [0.25, 0.3) is 0 Å². The molecule has 0 N–H and O–H groups in total. The maximum atomic E-state index is 5.54. The van der Waals surface area contributed by atoms with Gasteiger partial charge in [-0.15, -0.1) is 0 Å². The summed E-state index contributed by atoms with van der Waals surface area (Å²) in [7, 11) is 0. The Kier molecular flexibility index (Phi) is 2.23. The van der Waals surface area contributed by atoms with Crippen molar-refractivity contribution in [1.29, 1.82) is 0 Å². The van der Waals surface area contributed by atoms with Crippen LogP contribution in [0.4, 0.5) is 0 Å². The highest BCUT2D eigenvalue weighted by atomic mass is 16.4. The van der Waals surface area contributed by atoms with Crippen LogP contribution in [0.2, 0.25) is 0 Å². The van der Waals surface area contributed by atoms with Gasteiger partial charge >= 0.3 is 0 Å². The zero-order chi connectivity index (χ0) is 10.1. The molecule has 0 aliphatic carbocycles. The van der Waals surface area contributed by atoms with Crippen molar-refractivity contribution in [3.8, 4) is 0 Å². The number of rotatable bonds is 2. The van der Waals surface area contributed by atoms with E-state index in [4.69, 9.17) is 4.42 Å². The predicted molar refractivity (Wildman–Crippen MR) is 55.1 cm³/mol. The lowest BCUT2D eigenvalue weighted by molar-refractivity contribution is 0.477. The highest BCUT2D eigenvalue weighted by Crippen LogP contribution is 2.18. The number of oxazole rings is 1. The first kappa shape index (κ1) is 9.19. The molecule has 2 aromatic rings. The number of hydrogen-bond acceptors (Lipinski definition) is 3. The molecule has 0 fully saturated rings. The van der Waals surface area contributed by atoms with E-state index in [-0.39, 0.29) is 0 Å². The molecule has 0 amide bonds. The van der Waals surface area contributed by atoms with E-state index in [0.717, 1.165) is 23.4 Å². The van der Waals surface area contributed by atoms with E-state index in [1.807, 2.05) is 13.0 Å². The van der Waals surface area contributed by atoms with Gasteiger partial charge in [0.2, 0.25) is 5.71 Å². The quantitative estimate of drug-likeness (QED) is 0.730. The molecule has 0 spiro atoms. The molecule has 2 aromatic heterocycles. The Morgan fingerprint density at radius 2 is 2.21 bits per heavy atom. The second-order valence-electron chi connectivity index (χ2n) is 3.99. The zero-order valence-electron chi connectivity index (χ0n) is 8.74. The molecule has 0 aliphatic rings. The van der Waals surface area contributed by atoms with Crippen molar-refractivity contribution >= 4 is 11.2 Å². The summed E-state index contributed by atoms with van der Waals surface area (Å²) in [5, 5.41) is 0. The molecular formula is C11H14N2O. The number of aromatic nitrogens is 2. The van der Waals surface area contributed by atoms with Gasteiger partial charge in [-0.25, -0.2) is 9.97 Å². The highest BCUT2D eigenvalue weighted by Gasteiger charge is 2.09. The van der Waals surface area contributed by atoms with Crippen molar-refractivity contribution in [3.05, 3.63) is 23.7 Å². The highest BCUT2D eigenvalue weighted by molar-refractivity contribution is 5.71. The number of hydrogen-bond donors (Lipinski definition) is 0. The van der Waals surface area contributed by atoms with Gasteiger partial charge in [-0.3, -0.25) is 0 Å². The molecular weight excluding hydrogens is 176 g/mol. The molecule has 0 radical (unpaired) electrons. The van der Waals surface area contributed by atoms with Crippen LogP contribution in [-0.2, 0) is 6.42 Å². The number of fused-ring (bicyclic) bond motifs is 1. The van der Waals surface area contributed by atoms with E-state index in [1.165, 1.54) is 0 Å². The van der Waals surface area contributed by atoms with Crippen LogP contribution in [-0.4, -0.2) is 9.97 Å². The Labute approximate surface area is 83.2 Å². The van der Waals surface area contributed by atoms with E-state index in [9.17, 15) is 0 Å². The molecule has 2 heterocycles. The van der Waals surface area contributed by atoms with Crippen LogP contribution in [0.25, 0.3) is 11.2 Å². The molecule has 0 unspecified atom stereocenters. The molecule has 0 aliphatic heterocycles. The minimum Gasteiger partial charge on any atom is -0.422 e. The Morgan fingerprint density at radius 1 is 1.43 bits per heavy atom. The molecule has 0 atom stereocenters. The third kappa shape index (κ3) is 1.62. The van der Waals surface area contributed by atoms with Gasteiger partial charge < -0.3 is 4.42 Å². The lowest BCUT2D eigenvalue weighted by Gasteiger charge is -1.96. The van der Waals surface area contributed by atoms with Gasteiger partial charge in [0, 0.05) is 12.6 Å². The average molecular weight is 190 g/mol. The largest absolute Gasteiger partial charge is 0.422 e. The summed E-state index contributed by atoms with van der Waals surface area (Å²) in [4.78, 5) is 8.56. The van der Waals surface area contributed by atoms with Crippen LogP contribution in [0.1, 0.15) is 25.3 Å². The monoisotopic (exact) mass is 190 g/mol. The number of pyridine rings is 1. The standard InChI is InChI=1S/C11H14N2O/c1-7(2)6-9-13-10-8(3)4-5-12-11(10)14-9/h4-5,7H,6H2,1-3H3. The fraction of sp³-hybridized carbons (Fsp3) is 0.455. The molecule has 74 valence electrons. The molecule has 3 heteroatoms. The van der Waals surface area contributed by atoms with E-state index in [0.29, 0.717) is 11.6 Å². The first-order valence-electron chi connectivity index (χ1n) is 4.88. The summed E-state index contributed by atoms with van der Waals surface area (Å²) in [5.41, 5.74) is 2.66. The molecule has 3 nitrogen and oxygen atoms in total. The van der Waals surface area contributed by atoms with Crippen molar-refractivity contribution in [2.75, 3.05) is 0 Å². The summed E-state index contributed by atoms with van der Waals surface area (Å²) >= 11 is 0. The van der Waals surface area contributed by atoms with Crippen LogP contribution in [0.5, 0.6) is 0 Å². The first-order chi connectivity index (χ1) is 6.66. The first-order valence-corrected chi connectivity index (χ1v) is 4.88. The van der Waals surface area contributed by atoms with Crippen molar-refractivity contribution in [3.63, 3.8) is 0 Å². The Hall–Kier alpha value is -1.38. The van der Waals surface area contributed by atoms with Crippen molar-refractivity contribution < 1.29 is 4.42 Å². The molecule has 0 bridgehead atoms. The predicted octanol–water partition coefficient (Wildman–Crippen LogP) is 2.73. The summed E-state index contributed by atoms with van der Waals surface area (Å²) in [6, 6.07) is 1.95. The number of aryl methyl sites for hydroxylation is 1. The van der Waals surface area contributed by atoms with Gasteiger partial charge in [-0.1, -0.05) is 13.8 Å². The molecule has 0 saturated heterocycles. The summed E-state index contributed by atoms with van der Waals surface area (Å²) in [5.74, 6) is 1.35. The second kappa shape index (κ2) is 3.40. The maximum absolute atomic E-state index is 5.54. The Balaban J connectivity index is 2.46. The fourth-order valence-electron chi connectivity index (χ4n) is 1.43. The van der Waals surface area contributed by atoms with E-state index in [1.54, 1.807) is 6.20 Å². The van der Waals surface area contributed by atoms with Gasteiger partial charge in [0.1, 0.15) is 5.52 Å². The van der Waals surface area contributed by atoms with Crippen LogP contribution in [0, 0.1) is 12.8 Å². The molecule has 0 aromatic carbocycles. The second-order valence-corrected chi connectivity index (χ2v) is 3.99. The Bertz CT molecular complexity index is 445. The van der Waals surface area contributed by atoms with Crippen LogP contribution in [0.15, 0.2) is 16.7 Å². The minimum absolute atomic E-state index is 0.559. The van der Waals surface area contributed by atoms with Crippen LogP contribution >= 0.6 is 0 Å². The topological polar surface area (TPSA) is 38.9 Å². The molecule has 0 saturated carbocycles. The SMILES string of the molecule is Cc1ccnc2oc(CC(C)C)nc12. The lowest BCUT2D eigenvalue weighted by atomic mass is 10.1.